The van der Waals surface area contributed by atoms with Crippen LogP contribution < -0.4 is 9.47 Å². The first-order valence-corrected chi connectivity index (χ1v) is 9.03. The van der Waals surface area contributed by atoms with Gasteiger partial charge in [0.1, 0.15) is 6.17 Å². The molecule has 140 valence electrons. The highest BCUT2D eigenvalue weighted by Gasteiger charge is 2.33. The van der Waals surface area contributed by atoms with Gasteiger partial charge in [-0.3, -0.25) is 0 Å². The van der Waals surface area contributed by atoms with Crippen LogP contribution in [0.4, 0.5) is 0 Å². The Bertz CT molecular complexity index is 741. The van der Waals surface area contributed by atoms with Crippen LogP contribution in [0, 0.1) is 0 Å². The van der Waals surface area contributed by atoms with Crippen LogP contribution in [-0.2, 0) is 0 Å². The molecule has 1 aromatic rings. The van der Waals surface area contributed by atoms with E-state index < -0.39 is 0 Å². The van der Waals surface area contributed by atoms with Gasteiger partial charge in [-0.15, -0.1) is 0 Å². The van der Waals surface area contributed by atoms with Gasteiger partial charge in [-0.1, -0.05) is 12.1 Å². The van der Waals surface area contributed by atoms with Gasteiger partial charge in [0, 0.05) is 26.3 Å². The summed E-state index contributed by atoms with van der Waals surface area (Å²) in [6, 6.07) is 5.91. The molecular weight excluding hydrogens is 328 g/mol. The predicted octanol–water partition coefficient (Wildman–Crippen LogP) is 2.84. The third-order valence-electron chi connectivity index (χ3n) is 4.87. The molecule has 0 fully saturated rings. The molecule has 6 heteroatoms. The molecule has 0 N–H and O–H groups in total. The first-order chi connectivity index (χ1) is 12.6. The molecule has 1 unspecified atom stereocenters. The zero-order valence-electron chi connectivity index (χ0n) is 16.3. The van der Waals surface area contributed by atoms with Crippen molar-refractivity contribution in [3.8, 4) is 11.5 Å². The highest BCUT2D eigenvalue weighted by Crippen LogP contribution is 2.29. The Kier molecular flexibility index (Phi) is 5.40. The van der Waals surface area contributed by atoms with Crippen LogP contribution in [-0.4, -0.2) is 67.7 Å². The average Bonchev–Trinajstić information content (AvgIpc) is 3.01. The molecule has 3 rings (SSSR count). The second-order valence-corrected chi connectivity index (χ2v) is 6.37. The number of aliphatic imine (C=N–C) groups is 1. The standard InChI is InChI=1S/C20H28N4O2/c1-6-23-13-16-20(24(7-2)14-23)21-19(22(16)3)11-9-15-8-10-17(25-4)18(12-15)26-5/h8-13,19H,6-7,14H2,1-5H3/b11-9+. The van der Waals surface area contributed by atoms with Crippen molar-refractivity contribution in [1.82, 2.24) is 14.7 Å². The van der Waals surface area contributed by atoms with Crippen molar-refractivity contribution in [2.75, 3.05) is 41.0 Å². The van der Waals surface area contributed by atoms with Gasteiger partial charge in [-0.2, -0.15) is 0 Å². The lowest BCUT2D eigenvalue weighted by molar-refractivity contribution is 0.242. The lowest BCUT2D eigenvalue weighted by atomic mass is 10.2. The van der Waals surface area contributed by atoms with E-state index in [2.05, 4.69) is 53.9 Å². The van der Waals surface area contributed by atoms with E-state index in [0.29, 0.717) is 0 Å². The molecule has 0 aromatic heterocycles. The number of methoxy groups -OCH3 is 2. The summed E-state index contributed by atoms with van der Waals surface area (Å²) < 4.78 is 10.7. The van der Waals surface area contributed by atoms with E-state index in [1.807, 2.05) is 18.2 Å². The molecule has 1 atom stereocenters. The van der Waals surface area contributed by atoms with Crippen LogP contribution in [0.5, 0.6) is 11.5 Å². The topological polar surface area (TPSA) is 40.5 Å². The lowest BCUT2D eigenvalue weighted by Gasteiger charge is -2.36. The van der Waals surface area contributed by atoms with Crippen LogP contribution in [0.1, 0.15) is 19.4 Å². The van der Waals surface area contributed by atoms with Crippen molar-refractivity contribution in [3.05, 3.63) is 41.7 Å². The molecule has 6 nitrogen and oxygen atoms in total. The van der Waals surface area contributed by atoms with E-state index >= 15 is 0 Å². The maximum absolute atomic E-state index is 5.38. The molecule has 1 aromatic carbocycles. The number of benzene rings is 1. The number of likely N-dealkylation sites (N-methyl/N-ethyl adjacent to an activating group) is 2. The minimum absolute atomic E-state index is 0.00444. The Hall–Kier alpha value is -2.63. The van der Waals surface area contributed by atoms with Crippen molar-refractivity contribution < 1.29 is 9.47 Å². The van der Waals surface area contributed by atoms with Crippen LogP contribution >= 0.6 is 0 Å². The summed E-state index contributed by atoms with van der Waals surface area (Å²) in [5.41, 5.74) is 2.24. The predicted molar refractivity (Wildman–Crippen MR) is 105 cm³/mol. The first-order valence-electron chi connectivity index (χ1n) is 9.03. The van der Waals surface area contributed by atoms with E-state index in [0.717, 1.165) is 42.7 Å². The molecule has 0 amide bonds. The zero-order valence-corrected chi connectivity index (χ0v) is 16.3. The zero-order chi connectivity index (χ0) is 18.7. The molecule has 0 saturated carbocycles. The van der Waals surface area contributed by atoms with E-state index in [1.165, 1.54) is 5.70 Å². The third-order valence-corrected chi connectivity index (χ3v) is 4.87. The smallest absolute Gasteiger partial charge is 0.161 e. The number of hydrogen-bond donors (Lipinski definition) is 0. The van der Waals surface area contributed by atoms with E-state index in [9.17, 15) is 0 Å². The maximum Gasteiger partial charge on any atom is 0.161 e. The molecule has 0 saturated heterocycles. The number of ether oxygens (including phenoxy) is 2. The number of rotatable bonds is 6. The van der Waals surface area contributed by atoms with Gasteiger partial charge in [0.15, 0.2) is 17.3 Å². The summed E-state index contributed by atoms with van der Waals surface area (Å²) in [4.78, 5) is 11.8. The van der Waals surface area contributed by atoms with Gasteiger partial charge in [-0.25, -0.2) is 4.99 Å². The van der Waals surface area contributed by atoms with Gasteiger partial charge in [0.2, 0.25) is 0 Å². The monoisotopic (exact) mass is 356 g/mol. The Morgan fingerprint density at radius 3 is 2.58 bits per heavy atom. The van der Waals surface area contributed by atoms with Crippen LogP contribution in [0.25, 0.3) is 6.08 Å². The van der Waals surface area contributed by atoms with Gasteiger partial charge in [0.05, 0.1) is 26.6 Å². The molecule has 2 aliphatic heterocycles. The quantitative estimate of drug-likeness (QED) is 0.784. The Morgan fingerprint density at radius 1 is 1.15 bits per heavy atom. The summed E-state index contributed by atoms with van der Waals surface area (Å²) in [6.07, 6.45) is 6.42. The molecule has 2 heterocycles. The van der Waals surface area contributed by atoms with Gasteiger partial charge >= 0.3 is 0 Å². The van der Waals surface area contributed by atoms with E-state index in [4.69, 9.17) is 14.5 Å². The average molecular weight is 356 g/mol. The second kappa shape index (κ2) is 7.72. The normalized spacial score (nSPS) is 19.6. The van der Waals surface area contributed by atoms with Crippen molar-refractivity contribution in [2.24, 2.45) is 4.99 Å². The number of fused-ring (bicyclic) bond motifs is 1. The summed E-state index contributed by atoms with van der Waals surface area (Å²) in [5, 5.41) is 0. The largest absolute Gasteiger partial charge is 0.493 e. The molecule has 0 spiro atoms. The SMILES string of the molecule is CCN1C=C2C(=NC(/C=C/c3ccc(OC)c(OC)c3)N2C)N(CC)C1. The Balaban J connectivity index is 1.83. The van der Waals surface area contributed by atoms with Gasteiger partial charge < -0.3 is 24.2 Å². The summed E-state index contributed by atoms with van der Waals surface area (Å²) >= 11 is 0. The van der Waals surface area contributed by atoms with Crippen LogP contribution in [0.2, 0.25) is 0 Å². The van der Waals surface area contributed by atoms with Crippen molar-refractivity contribution in [1.29, 1.82) is 0 Å². The van der Waals surface area contributed by atoms with Gasteiger partial charge in [-0.05, 0) is 37.6 Å². The van der Waals surface area contributed by atoms with Crippen molar-refractivity contribution in [3.63, 3.8) is 0 Å². The number of hydrogen-bond acceptors (Lipinski definition) is 6. The van der Waals surface area contributed by atoms with Crippen molar-refractivity contribution >= 4 is 11.9 Å². The summed E-state index contributed by atoms with van der Waals surface area (Å²) in [6.45, 7) is 7.19. The fraction of sp³-hybridized carbons (Fsp3) is 0.450. The summed E-state index contributed by atoms with van der Waals surface area (Å²) in [7, 11) is 5.39. The molecular formula is C20H28N4O2. The maximum atomic E-state index is 5.38. The first kappa shape index (κ1) is 18.2. The third kappa shape index (κ3) is 3.36. The fourth-order valence-corrected chi connectivity index (χ4v) is 3.24. The molecule has 0 bridgehead atoms. The summed E-state index contributed by atoms with van der Waals surface area (Å²) in [5.74, 6) is 2.55. The molecule has 2 aliphatic rings. The molecule has 0 aliphatic carbocycles. The Labute approximate surface area is 156 Å². The number of amidine groups is 1. The molecule has 26 heavy (non-hydrogen) atoms. The Morgan fingerprint density at radius 2 is 1.92 bits per heavy atom. The fourth-order valence-electron chi connectivity index (χ4n) is 3.24. The minimum atomic E-state index is -0.00444. The van der Waals surface area contributed by atoms with Crippen molar-refractivity contribution in [2.45, 2.75) is 20.0 Å². The van der Waals surface area contributed by atoms with E-state index in [-0.39, 0.29) is 6.17 Å². The molecule has 0 radical (unpaired) electrons. The number of nitrogens with zero attached hydrogens (tertiary/aromatic N) is 4. The highest BCUT2D eigenvalue weighted by molar-refractivity contribution is 6.00. The lowest BCUT2D eigenvalue weighted by Crippen LogP contribution is -2.45. The minimum Gasteiger partial charge on any atom is -0.493 e. The van der Waals surface area contributed by atoms with Crippen LogP contribution in [0.3, 0.4) is 0 Å². The second-order valence-electron chi connectivity index (χ2n) is 6.37. The van der Waals surface area contributed by atoms with E-state index in [1.54, 1.807) is 14.2 Å². The van der Waals surface area contributed by atoms with Gasteiger partial charge in [0.25, 0.3) is 0 Å². The van der Waals surface area contributed by atoms with Crippen LogP contribution in [0.15, 0.2) is 41.2 Å². The highest BCUT2D eigenvalue weighted by atomic mass is 16.5.